The molecule has 0 aliphatic carbocycles. The Labute approximate surface area is 146 Å². The van der Waals surface area contributed by atoms with Crippen molar-refractivity contribution in [1.82, 2.24) is 4.98 Å². The van der Waals surface area contributed by atoms with Crippen LogP contribution in [0.1, 0.15) is 32.0 Å². The number of aldehydes is 1. The fourth-order valence-electron chi connectivity index (χ4n) is 2.68. The summed E-state index contributed by atoms with van der Waals surface area (Å²) in [5.41, 5.74) is 5.28. The molecule has 3 rings (SSSR count). The van der Waals surface area contributed by atoms with Gasteiger partial charge in [-0.05, 0) is 48.2 Å². The van der Waals surface area contributed by atoms with Crippen LogP contribution in [0.3, 0.4) is 0 Å². The molecule has 25 heavy (non-hydrogen) atoms. The molecule has 0 spiro atoms. The minimum atomic E-state index is -0.337. The van der Waals surface area contributed by atoms with Gasteiger partial charge in [-0.25, -0.2) is 0 Å². The number of nitrogens with zero attached hydrogens (tertiary/aromatic N) is 1. The summed E-state index contributed by atoms with van der Waals surface area (Å²) in [7, 11) is 0. The van der Waals surface area contributed by atoms with Crippen molar-refractivity contribution in [3.05, 3.63) is 83.2 Å². The number of hydrogen-bond donors (Lipinski definition) is 1. The number of rotatable bonds is 4. The summed E-state index contributed by atoms with van der Waals surface area (Å²) in [6, 6.07) is 17.3. The molecule has 4 heteroatoms. The molecule has 1 aromatic heterocycles. The molecular weight excluding hydrogens is 312 g/mol. The maximum absolute atomic E-state index is 12.5. The van der Waals surface area contributed by atoms with Gasteiger partial charge in [-0.2, -0.15) is 0 Å². The van der Waals surface area contributed by atoms with Crippen LogP contribution in [0.4, 0.5) is 5.69 Å². The molecule has 0 saturated carbocycles. The third-order valence-electron chi connectivity index (χ3n) is 4.17. The fourth-order valence-corrected chi connectivity index (χ4v) is 2.68. The summed E-state index contributed by atoms with van der Waals surface area (Å²) >= 11 is 0. The third kappa shape index (κ3) is 3.48. The van der Waals surface area contributed by atoms with Crippen LogP contribution in [-0.2, 0) is 0 Å². The van der Waals surface area contributed by atoms with Crippen molar-refractivity contribution in [3.63, 3.8) is 0 Å². The number of amides is 1. The highest BCUT2D eigenvalue weighted by Crippen LogP contribution is 2.28. The van der Waals surface area contributed by atoms with E-state index in [2.05, 4.69) is 10.3 Å². The number of hydrogen-bond acceptors (Lipinski definition) is 3. The molecular formula is C21H18N2O2. The van der Waals surface area contributed by atoms with E-state index in [-0.39, 0.29) is 11.6 Å². The molecule has 0 fully saturated rings. The van der Waals surface area contributed by atoms with Crippen LogP contribution >= 0.6 is 0 Å². The summed E-state index contributed by atoms with van der Waals surface area (Å²) < 4.78 is 0. The first-order chi connectivity index (χ1) is 12.1. The fraction of sp³-hybridized carbons (Fsp3) is 0.0952. The van der Waals surface area contributed by atoms with Gasteiger partial charge in [0, 0.05) is 17.4 Å². The van der Waals surface area contributed by atoms with Crippen molar-refractivity contribution in [1.29, 1.82) is 0 Å². The number of aryl methyl sites for hydroxylation is 1. The molecule has 0 aliphatic heterocycles. The summed E-state index contributed by atoms with van der Waals surface area (Å²) in [4.78, 5) is 27.7. The molecule has 0 atom stereocenters. The third-order valence-corrected chi connectivity index (χ3v) is 4.17. The first kappa shape index (κ1) is 16.6. The molecule has 4 nitrogen and oxygen atoms in total. The zero-order valence-corrected chi connectivity index (χ0v) is 14.1. The number of anilines is 1. The van der Waals surface area contributed by atoms with E-state index >= 15 is 0 Å². The molecule has 124 valence electrons. The Morgan fingerprint density at radius 1 is 1.04 bits per heavy atom. The number of carbonyl (C=O) groups is 2. The molecule has 0 bridgehead atoms. The molecule has 1 heterocycles. The predicted molar refractivity (Wildman–Crippen MR) is 98.9 cm³/mol. The van der Waals surface area contributed by atoms with Gasteiger partial charge >= 0.3 is 0 Å². The highest BCUT2D eigenvalue weighted by Gasteiger charge is 2.13. The average Bonchev–Trinajstić information content (AvgIpc) is 2.64. The standard InChI is InChI=1S/C21H18N2O2/c1-14-12-22-20(11-17(14)13-24)21(25)23-19-10-6-9-18(15(19)2)16-7-4-3-5-8-16/h3-13H,1-2H3,(H,23,25). The van der Waals surface area contributed by atoms with Crippen LogP contribution in [0, 0.1) is 13.8 Å². The first-order valence-electron chi connectivity index (χ1n) is 7.98. The van der Waals surface area contributed by atoms with E-state index in [0.29, 0.717) is 5.56 Å². The molecule has 3 aromatic rings. The SMILES string of the molecule is Cc1cnc(C(=O)Nc2cccc(-c3ccccc3)c2C)cc1C=O. The highest BCUT2D eigenvalue weighted by atomic mass is 16.1. The summed E-state index contributed by atoms with van der Waals surface area (Å²) in [5.74, 6) is -0.337. The lowest BCUT2D eigenvalue weighted by Crippen LogP contribution is -2.15. The molecule has 2 aromatic carbocycles. The van der Waals surface area contributed by atoms with Gasteiger partial charge in [-0.15, -0.1) is 0 Å². The van der Waals surface area contributed by atoms with Crippen LogP contribution in [0.25, 0.3) is 11.1 Å². The Balaban J connectivity index is 1.91. The number of carbonyl (C=O) groups excluding carboxylic acids is 2. The van der Waals surface area contributed by atoms with Gasteiger partial charge < -0.3 is 5.32 Å². The van der Waals surface area contributed by atoms with Gasteiger partial charge in [0.15, 0.2) is 0 Å². The monoisotopic (exact) mass is 330 g/mol. The maximum Gasteiger partial charge on any atom is 0.274 e. The smallest absolute Gasteiger partial charge is 0.274 e. The molecule has 0 radical (unpaired) electrons. The van der Waals surface area contributed by atoms with E-state index < -0.39 is 0 Å². The van der Waals surface area contributed by atoms with Gasteiger partial charge in [0.2, 0.25) is 0 Å². The second-order valence-corrected chi connectivity index (χ2v) is 5.84. The summed E-state index contributed by atoms with van der Waals surface area (Å²) in [6.07, 6.45) is 2.26. The van der Waals surface area contributed by atoms with Gasteiger partial charge in [-0.3, -0.25) is 14.6 Å². The quantitative estimate of drug-likeness (QED) is 0.720. The van der Waals surface area contributed by atoms with Crippen molar-refractivity contribution in [2.24, 2.45) is 0 Å². The maximum atomic E-state index is 12.5. The molecule has 0 unspecified atom stereocenters. The van der Waals surface area contributed by atoms with Crippen molar-refractivity contribution >= 4 is 17.9 Å². The summed E-state index contributed by atoms with van der Waals surface area (Å²) in [6.45, 7) is 3.75. The van der Waals surface area contributed by atoms with Gasteiger partial charge in [0.05, 0.1) is 0 Å². The normalized spacial score (nSPS) is 10.3. The average molecular weight is 330 g/mol. The zero-order chi connectivity index (χ0) is 17.8. The Kier molecular flexibility index (Phi) is 4.70. The van der Waals surface area contributed by atoms with Crippen LogP contribution in [0.15, 0.2) is 60.8 Å². The Morgan fingerprint density at radius 2 is 1.80 bits per heavy atom. The Morgan fingerprint density at radius 3 is 2.52 bits per heavy atom. The lowest BCUT2D eigenvalue weighted by molar-refractivity contribution is 0.102. The predicted octanol–water partition coefficient (Wildman–Crippen LogP) is 4.43. The van der Waals surface area contributed by atoms with Crippen molar-refractivity contribution in [2.75, 3.05) is 5.32 Å². The van der Waals surface area contributed by atoms with Crippen LogP contribution in [0.2, 0.25) is 0 Å². The summed E-state index contributed by atoms with van der Waals surface area (Å²) in [5, 5.41) is 2.89. The van der Waals surface area contributed by atoms with E-state index in [0.717, 1.165) is 34.2 Å². The van der Waals surface area contributed by atoms with Gasteiger partial charge in [0.1, 0.15) is 12.0 Å². The lowest BCUT2D eigenvalue weighted by Gasteiger charge is -2.13. The van der Waals surface area contributed by atoms with Gasteiger partial charge in [-0.1, -0.05) is 42.5 Å². The second-order valence-electron chi connectivity index (χ2n) is 5.84. The van der Waals surface area contributed by atoms with E-state index in [1.54, 1.807) is 6.92 Å². The van der Waals surface area contributed by atoms with Crippen LogP contribution in [0.5, 0.6) is 0 Å². The number of benzene rings is 2. The largest absolute Gasteiger partial charge is 0.320 e. The van der Waals surface area contributed by atoms with Crippen molar-refractivity contribution in [3.8, 4) is 11.1 Å². The van der Waals surface area contributed by atoms with Crippen LogP contribution in [-0.4, -0.2) is 17.2 Å². The minimum Gasteiger partial charge on any atom is -0.320 e. The van der Waals surface area contributed by atoms with E-state index in [1.165, 1.54) is 12.3 Å². The highest BCUT2D eigenvalue weighted by molar-refractivity contribution is 6.04. The topological polar surface area (TPSA) is 59.1 Å². The molecule has 1 amide bonds. The zero-order valence-electron chi connectivity index (χ0n) is 14.1. The number of nitrogens with one attached hydrogen (secondary N) is 1. The first-order valence-corrected chi connectivity index (χ1v) is 7.98. The number of aromatic nitrogens is 1. The molecule has 0 aliphatic rings. The van der Waals surface area contributed by atoms with Crippen LogP contribution < -0.4 is 5.32 Å². The van der Waals surface area contributed by atoms with Crippen molar-refractivity contribution in [2.45, 2.75) is 13.8 Å². The Bertz CT molecular complexity index is 934. The van der Waals surface area contributed by atoms with Gasteiger partial charge in [0.25, 0.3) is 5.91 Å². The Hall–Kier alpha value is -3.27. The van der Waals surface area contributed by atoms with E-state index in [1.807, 2.05) is 55.5 Å². The second kappa shape index (κ2) is 7.09. The van der Waals surface area contributed by atoms with Crippen molar-refractivity contribution < 1.29 is 9.59 Å². The molecule has 0 saturated heterocycles. The van der Waals surface area contributed by atoms with E-state index in [4.69, 9.17) is 0 Å². The minimum absolute atomic E-state index is 0.220. The molecule has 1 N–H and O–H groups in total. The number of pyridine rings is 1. The van der Waals surface area contributed by atoms with E-state index in [9.17, 15) is 9.59 Å². The lowest BCUT2D eigenvalue weighted by atomic mass is 9.99.